The second-order valence-electron chi connectivity index (χ2n) is 6.12. The number of nitro groups is 1. The van der Waals surface area contributed by atoms with E-state index in [0.29, 0.717) is 22.6 Å². The number of non-ortho nitro benzene ring substituents is 1. The van der Waals surface area contributed by atoms with Gasteiger partial charge in [-0.1, -0.05) is 35.8 Å². The Kier molecular flexibility index (Phi) is 7.46. The Morgan fingerprint density at radius 3 is 2.65 bits per heavy atom. The first-order chi connectivity index (χ1) is 15.1. The largest absolute Gasteiger partial charge is 0.481 e. The maximum absolute atomic E-state index is 12.1. The van der Waals surface area contributed by atoms with Crippen LogP contribution in [0.25, 0.3) is 6.08 Å². The Hall–Kier alpha value is -4.49. The van der Waals surface area contributed by atoms with Crippen molar-refractivity contribution in [2.45, 2.75) is 6.61 Å². The highest BCUT2D eigenvalue weighted by atomic mass is 16.6. The Balaban J connectivity index is 1.65. The summed E-state index contributed by atoms with van der Waals surface area (Å²) in [6.45, 7) is 0.337. The fourth-order valence-electron chi connectivity index (χ4n) is 2.50. The van der Waals surface area contributed by atoms with E-state index in [9.17, 15) is 14.9 Å². The van der Waals surface area contributed by atoms with Crippen molar-refractivity contribution in [2.24, 2.45) is 0 Å². The van der Waals surface area contributed by atoms with Crippen molar-refractivity contribution in [2.75, 3.05) is 13.2 Å². The van der Waals surface area contributed by atoms with Crippen molar-refractivity contribution in [3.05, 3.63) is 81.9 Å². The van der Waals surface area contributed by atoms with E-state index in [-0.39, 0.29) is 25.5 Å². The van der Waals surface area contributed by atoms with Crippen LogP contribution in [0.2, 0.25) is 0 Å². The lowest BCUT2D eigenvalue weighted by Crippen LogP contribution is -2.05. The molecule has 0 saturated carbocycles. The number of esters is 1. The maximum Gasteiger partial charge on any atom is 0.331 e. The van der Waals surface area contributed by atoms with Crippen LogP contribution < -0.4 is 9.47 Å². The molecule has 2 aromatic rings. The first kappa shape index (κ1) is 21.2. The van der Waals surface area contributed by atoms with Crippen molar-refractivity contribution < 1.29 is 23.9 Å². The minimum absolute atomic E-state index is 0.0269. The molecular weight excluding hydrogens is 398 g/mol. The van der Waals surface area contributed by atoms with Gasteiger partial charge in [0.2, 0.25) is 0 Å². The SMILES string of the molecule is O=C(/C=C/c1cccc([N+](=O)[O-])c1)OCc1ccc2cc1OCC#C/C=C\C#CCO2. The Bertz CT molecular complexity index is 1160. The standard InChI is InChI=1S/C24H17NO6/c26-24(13-10-19-8-7-9-21(16-19)25(27)28)31-18-20-11-12-22-17-23(20)30-15-6-4-2-1-3-5-14-29-22/h1-2,7-13,16-17H,14-15,18H2/b2-1-,13-10+. The summed E-state index contributed by atoms with van der Waals surface area (Å²) in [5.41, 5.74) is 1.10. The molecule has 1 heterocycles. The van der Waals surface area contributed by atoms with Crippen molar-refractivity contribution in [3.8, 4) is 35.2 Å². The number of benzene rings is 2. The van der Waals surface area contributed by atoms with Crippen LogP contribution in [0.15, 0.2) is 60.7 Å². The summed E-state index contributed by atoms with van der Waals surface area (Å²) in [4.78, 5) is 22.4. The lowest BCUT2D eigenvalue weighted by Gasteiger charge is -2.12. The molecule has 0 radical (unpaired) electrons. The first-order valence-electron chi connectivity index (χ1n) is 9.21. The van der Waals surface area contributed by atoms with Crippen LogP contribution in [0.1, 0.15) is 11.1 Å². The van der Waals surface area contributed by atoms with Crippen LogP contribution in [-0.4, -0.2) is 24.1 Å². The van der Waals surface area contributed by atoms with E-state index in [2.05, 4.69) is 23.7 Å². The molecule has 154 valence electrons. The fraction of sp³-hybridized carbons (Fsp3) is 0.125. The summed E-state index contributed by atoms with van der Waals surface area (Å²) in [7, 11) is 0. The van der Waals surface area contributed by atoms with Gasteiger partial charge in [0.05, 0.1) is 4.92 Å². The van der Waals surface area contributed by atoms with Gasteiger partial charge in [-0.15, -0.1) is 0 Å². The number of ether oxygens (including phenoxy) is 3. The van der Waals surface area contributed by atoms with Crippen molar-refractivity contribution in [3.63, 3.8) is 0 Å². The molecule has 31 heavy (non-hydrogen) atoms. The van der Waals surface area contributed by atoms with E-state index in [1.165, 1.54) is 24.3 Å². The van der Waals surface area contributed by atoms with Crippen molar-refractivity contribution >= 4 is 17.7 Å². The maximum atomic E-state index is 12.1. The summed E-state index contributed by atoms with van der Waals surface area (Å²) in [5, 5.41) is 10.8. The van der Waals surface area contributed by atoms with Crippen molar-refractivity contribution in [1.82, 2.24) is 0 Å². The second-order valence-corrected chi connectivity index (χ2v) is 6.12. The lowest BCUT2D eigenvalue weighted by molar-refractivity contribution is -0.384. The number of carbonyl (C=O) groups is 1. The number of hydrogen-bond acceptors (Lipinski definition) is 6. The van der Waals surface area contributed by atoms with Crippen LogP contribution in [0.3, 0.4) is 0 Å². The molecule has 0 aromatic heterocycles. The number of rotatable bonds is 5. The molecule has 0 N–H and O–H groups in total. The quantitative estimate of drug-likeness (QED) is 0.243. The normalized spacial score (nSPS) is 13.4. The number of carbonyl (C=O) groups excluding carboxylic acids is 1. The summed E-state index contributed by atoms with van der Waals surface area (Å²) in [6, 6.07) is 11.1. The third-order valence-corrected chi connectivity index (χ3v) is 3.97. The molecule has 0 fully saturated rings. The number of nitro benzene ring substituents is 1. The van der Waals surface area contributed by atoms with Crippen LogP contribution in [-0.2, 0) is 16.1 Å². The highest BCUT2D eigenvalue weighted by Gasteiger charge is 2.09. The van der Waals surface area contributed by atoms with Crippen LogP contribution in [0.5, 0.6) is 11.5 Å². The average molecular weight is 415 g/mol. The van der Waals surface area contributed by atoms with Gasteiger partial charge in [0.1, 0.15) is 31.3 Å². The van der Waals surface area contributed by atoms with Gasteiger partial charge in [0, 0.05) is 29.8 Å². The topological polar surface area (TPSA) is 87.9 Å². The van der Waals surface area contributed by atoms with Crippen LogP contribution >= 0.6 is 0 Å². The monoisotopic (exact) mass is 415 g/mol. The Morgan fingerprint density at radius 1 is 1.10 bits per heavy atom. The zero-order valence-electron chi connectivity index (χ0n) is 16.4. The first-order valence-corrected chi connectivity index (χ1v) is 9.21. The number of nitrogens with zero attached hydrogens (tertiary/aromatic N) is 1. The molecule has 2 aromatic carbocycles. The number of hydrogen-bond donors (Lipinski definition) is 0. The zero-order chi connectivity index (χ0) is 21.9. The van der Waals surface area contributed by atoms with E-state index < -0.39 is 10.9 Å². The summed E-state index contributed by atoms with van der Waals surface area (Å²) < 4.78 is 16.5. The van der Waals surface area contributed by atoms with Gasteiger partial charge in [0.25, 0.3) is 5.69 Å². The average Bonchev–Trinajstić information content (AvgIpc) is 2.79. The molecule has 1 aliphatic rings. The van der Waals surface area contributed by atoms with Gasteiger partial charge >= 0.3 is 5.97 Å². The van der Waals surface area contributed by atoms with Gasteiger partial charge < -0.3 is 14.2 Å². The molecule has 2 bridgehead atoms. The predicted octanol–water partition coefficient (Wildman–Crippen LogP) is 3.69. The second kappa shape index (κ2) is 10.9. The van der Waals surface area contributed by atoms with E-state index in [1.807, 2.05) is 0 Å². The summed E-state index contributed by atoms with van der Waals surface area (Å²) >= 11 is 0. The third kappa shape index (κ3) is 6.81. The predicted molar refractivity (Wildman–Crippen MR) is 114 cm³/mol. The molecule has 7 nitrogen and oxygen atoms in total. The van der Waals surface area contributed by atoms with Gasteiger partial charge in [-0.2, -0.15) is 0 Å². The van der Waals surface area contributed by atoms with Gasteiger partial charge in [-0.05, 0) is 35.9 Å². The molecular formula is C24H17NO6. The molecule has 7 heteroatoms. The highest BCUT2D eigenvalue weighted by molar-refractivity contribution is 5.87. The van der Waals surface area contributed by atoms with Gasteiger partial charge in [-0.3, -0.25) is 10.1 Å². The Morgan fingerprint density at radius 2 is 1.87 bits per heavy atom. The van der Waals surface area contributed by atoms with Gasteiger partial charge in [-0.25, -0.2) is 4.79 Å². The molecule has 0 atom stereocenters. The van der Waals surface area contributed by atoms with Crippen LogP contribution in [0.4, 0.5) is 5.69 Å². The third-order valence-electron chi connectivity index (χ3n) is 3.97. The highest BCUT2D eigenvalue weighted by Crippen LogP contribution is 2.26. The van der Waals surface area contributed by atoms with Crippen LogP contribution in [0, 0.1) is 33.8 Å². The van der Waals surface area contributed by atoms with Crippen molar-refractivity contribution in [1.29, 1.82) is 0 Å². The lowest BCUT2D eigenvalue weighted by atomic mass is 10.2. The molecule has 1 aliphatic heterocycles. The molecule has 3 rings (SSSR count). The molecule has 0 saturated heterocycles. The number of allylic oxidation sites excluding steroid dienone is 2. The molecule has 0 spiro atoms. The Labute approximate surface area is 179 Å². The minimum atomic E-state index is -0.594. The van der Waals surface area contributed by atoms with E-state index >= 15 is 0 Å². The van der Waals surface area contributed by atoms with Gasteiger partial charge in [0.15, 0.2) is 0 Å². The minimum Gasteiger partial charge on any atom is -0.481 e. The zero-order valence-corrected chi connectivity index (χ0v) is 16.4. The smallest absolute Gasteiger partial charge is 0.331 e. The molecule has 0 unspecified atom stereocenters. The van der Waals surface area contributed by atoms with E-state index in [0.717, 1.165) is 0 Å². The molecule has 0 aliphatic carbocycles. The fourth-order valence-corrected chi connectivity index (χ4v) is 2.50. The molecule has 0 amide bonds. The summed E-state index contributed by atoms with van der Waals surface area (Å²) in [6.07, 6.45) is 5.93. The summed E-state index contributed by atoms with van der Waals surface area (Å²) in [5.74, 6) is 11.8. The van der Waals surface area contributed by atoms with E-state index in [4.69, 9.17) is 14.2 Å². The van der Waals surface area contributed by atoms with E-state index in [1.54, 1.807) is 42.5 Å². The number of fused-ring (bicyclic) bond motifs is 2.